The molecule has 3 heterocycles. The van der Waals surface area contributed by atoms with Crippen LogP contribution >= 0.6 is 11.6 Å². The zero-order chi connectivity index (χ0) is 22.1. The third-order valence-electron chi connectivity index (χ3n) is 5.62. The van der Waals surface area contributed by atoms with Crippen LogP contribution in [0.3, 0.4) is 0 Å². The number of hydrogen-bond acceptors (Lipinski definition) is 5. The number of carbonyl (C=O) groups excluding carboxylic acids is 2. The number of aromatic nitrogens is 3. The average Bonchev–Trinajstić information content (AvgIpc) is 3.18. The Morgan fingerprint density at radius 1 is 1.10 bits per heavy atom. The summed E-state index contributed by atoms with van der Waals surface area (Å²) in [7, 11) is 0. The lowest BCUT2D eigenvalue weighted by Gasteiger charge is -2.42. The van der Waals surface area contributed by atoms with Gasteiger partial charge in [-0.1, -0.05) is 11.6 Å². The molecule has 0 bridgehead atoms. The van der Waals surface area contributed by atoms with E-state index >= 15 is 0 Å². The number of rotatable bonds is 4. The molecular weight excluding hydrogens is 416 g/mol. The summed E-state index contributed by atoms with van der Waals surface area (Å²) in [4.78, 5) is 29.0. The third kappa shape index (κ3) is 4.40. The molecule has 1 atom stereocenters. The molecule has 1 aromatic carbocycles. The first-order chi connectivity index (χ1) is 14.8. The van der Waals surface area contributed by atoms with Gasteiger partial charge in [-0.25, -0.2) is 0 Å². The van der Waals surface area contributed by atoms with E-state index in [4.69, 9.17) is 11.6 Å². The quantitative estimate of drug-likeness (QED) is 0.673. The van der Waals surface area contributed by atoms with Crippen molar-refractivity contribution in [3.8, 4) is 0 Å². The second kappa shape index (κ2) is 8.64. The Hall–Kier alpha value is -2.97. The highest BCUT2D eigenvalue weighted by Gasteiger charge is 2.34. The van der Waals surface area contributed by atoms with Crippen molar-refractivity contribution in [3.05, 3.63) is 59.0 Å². The molecule has 2 amide bonds. The number of nitrogens with zero attached hydrogens (tertiary/aromatic N) is 5. The summed E-state index contributed by atoms with van der Waals surface area (Å²) in [6.45, 7) is 7.83. The van der Waals surface area contributed by atoms with Gasteiger partial charge in [-0.05, 0) is 50.2 Å². The van der Waals surface area contributed by atoms with Crippen LogP contribution in [0.4, 0.5) is 5.69 Å². The Morgan fingerprint density at radius 3 is 2.52 bits per heavy atom. The van der Waals surface area contributed by atoms with E-state index in [9.17, 15) is 9.59 Å². The van der Waals surface area contributed by atoms with Crippen molar-refractivity contribution in [2.75, 3.05) is 25.0 Å². The van der Waals surface area contributed by atoms with E-state index in [-0.39, 0.29) is 23.9 Å². The molecule has 3 aromatic rings. The fraction of sp³-hybridized carbons (Fsp3) is 0.364. The molecule has 31 heavy (non-hydrogen) atoms. The van der Waals surface area contributed by atoms with Crippen molar-refractivity contribution in [2.45, 2.75) is 32.9 Å². The zero-order valence-electron chi connectivity index (χ0n) is 17.7. The number of benzene rings is 1. The first-order valence-electron chi connectivity index (χ1n) is 10.3. The predicted octanol–water partition coefficient (Wildman–Crippen LogP) is 3.25. The summed E-state index contributed by atoms with van der Waals surface area (Å²) in [5.41, 5.74) is 1.80. The van der Waals surface area contributed by atoms with Crippen LogP contribution < -0.4 is 5.32 Å². The zero-order valence-corrected chi connectivity index (χ0v) is 18.5. The smallest absolute Gasteiger partial charge is 0.257 e. The maximum Gasteiger partial charge on any atom is 0.257 e. The summed E-state index contributed by atoms with van der Waals surface area (Å²) in [5, 5.41) is 12.2. The Morgan fingerprint density at radius 2 is 1.84 bits per heavy atom. The van der Waals surface area contributed by atoms with Crippen LogP contribution in [0.5, 0.6) is 0 Å². The van der Waals surface area contributed by atoms with Gasteiger partial charge in [0, 0.05) is 49.5 Å². The van der Waals surface area contributed by atoms with E-state index in [1.807, 2.05) is 9.30 Å². The average molecular weight is 441 g/mol. The van der Waals surface area contributed by atoms with Gasteiger partial charge in [0.1, 0.15) is 0 Å². The molecule has 9 heteroatoms. The van der Waals surface area contributed by atoms with Crippen LogP contribution in [-0.2, 0) is 4.79 Å². The molecule has 1 aliphatic heterocycles. The number of nitrogens with one attached hydrogen (secondary N) is 1. The first kappa shape index (κ1) is 21.3. The van der Waals surface area contributed by atoms with Crippen molar-refractivity contribution in [1.82, 2.24) is 24.4 Å². The lowest BCUT2D eigenvalue weighted by atomic mass is 10.1. The van der Waals surface area contributed by atoms with E-state index < -0.39 is 0 Å². The van der Waals surface area contributed by atoms with Gasteiger partial charge in [-0.3, -0.25) is 18.9 Å². The second-order valence-corrected chi connectivity index (χ2v) is 8.41. The Balaban J connectivity index is 1.66. The summed E-state index contributed by atoms with van der Waals surface area (Å²) in [5.74, 6) is 0.527. The van der Waals surface area contributed by atoms with Gasteiger partial charge in [0.2, 0.25) is 5.91 Å². The van der Waals surface area contributed by atoms with Crippen LogP contribution in [0.15, 0.2) is 42.6 Å². The Bertz CT molecular complexity index is 1110. The molecule has 1 fully saturated rings. The van der Waals surface area contributed by atoms with Gasteiger partial charge >= 0.3 is 0 Å². The molecule has 0 radical (unpaired) electrons. The fourth-order valence-corrected chi connectivity index (χ4v) is 4.06. The molecule has 162 valence electrons. The number of halogens is 1. The largest absolute Gasteiger partial charge is 0.340 e. The van der Waals surface area contributed by atoms with Gasteiger partial charge in [-0.15, -0.1) is 10.2 Å². The lowest BCUT2D eigenvalue weighted by Crippen LogP contribution is -2.52. The predicted molar refractivity (Wildman–Crippen MR) is 119 cm³/mol. The second-order valence-electron chi connectivity index (χ2n) is 7.98. The van der Waals surface area contributed by atoms with Gasteiger partial charge in [0.05, 0.1) is 11.6 Å². The molecular formula is C22H25ClN6O2. The van der Waals surface area contributed by atoms with E-state index in [0.717, 1.165) is 12.4 Å². The van der Waals surface area contributed by atoms with Crippen LogP contribution in [0.25, 0.3) is 5.65 Å². The lowest BCUT2D eigenvalue weighted by molar-refractivity contribution is -0.132. The molecule has 8 nitrogen and oxygen atoms in total. The highest BCUT2D eigenvalue weighted by atomic mass is 35.5. The van der Waals surface area contributed by atoms with Crippen molar-refractivity contribution < 1.29 is 9.59 Å². The minimum absolute atomic E-state index is 0.0465. The van der Waals surface area contributed by atoms with Gasteiger partial charge in [0.25, 0.3) is 5.91 Å². The summed E-state index contributed by atoms with van der Waals surface area (Å²) >= 11 is 5.91. The minimum Gasteiger partial charge on any atom is -0.340 e. The van der Waals surface area contributed by atoms with Crippen LogP contribution in [0.1, 0.15) is 43.0 Å². The fourth-order valence-electron chi connectivity index (χ4n) is 3.94. The number of anilines is 1. The molecule has 0 spiro atoms. The number of amides is 2. The summed E-state index contributed by atoms with van der Waals surface area (Å²) in [6.07, 6.45) is 1.75. The van der Waals surface area contributed by atoms with Gasteiger partial charge < -0.3 is 10.2 Å². The number of fused-ring (bicyclic) bond motifs is 1. The monoisotopic (exact) mass is 440 g/mol. The number of pyridine rings is 1. The molecule has 1 unspecified atom stereocenters. The Kier molecular flexibility index (Phi) is 5.93. The van der Waals surface area contributed by atoms with E-state index in [1.54, 1.807) is 49.5 Å². The molecule has 0 aliphatic carbocycles. The van der Waals surface area contributed by atoms with Crippen molar-refractivity contribution >= 4 is 34.7 Å². The molecule has 1 aliphatic rings. The van der Waals surface area contributed by atoms with E-state index in [2.05, 4.69) is 34.3 Å². The normalized spacial score (nSPS) is 17.3. The molecule has 2 aromatic heterocycles. The van der Waals surface area contributed by atoms with Gasteiger partial charge in [0.15, 0.2) is 11.5 Å². The molecule has 4 rings (SSSR count). The third-order valence-corrected chi connectivity index (χ3v) is 5.87. The van der Waals surface area contributed by atoms with Crippen LogP contribution in [-0.4, -0.2) is 61.9 Å². The molecule has 1 saturated heterocycles. The van der Waals surface area contributed by atoms with Crippen molar-refractivity contribution in [1.29, 1.82) is 0 Å². The van der Waals surface area contributed by atoms with E-state index in [0.29, 0.717) is 35.0 Å². The number of carbonyl (C=O) groups is 2. The van der Waals surface area contributed by atoms with Crippen LogP contribution in [0, 0.1) is 0 Å². The van der Waals surface area contributed by atoms with Crippen molar-refractivity contribution in [2.24, 2.45) is 0 Å². The summed E-state index contributed by atoms with van der Waals surface area (Å²) < 4.78 is 1.85. The maximum absolute atomic E-state index is 12.8. The molecule has 1 N–H and O–H groups in total. The highest BCUT2D eigenvalue weighted by molar-refractivity contribution is 6.30. The van der Waals surface area contributed by atoms with E-state index in [1.165, 1.54) is 0 Å². The summed E-state index contributed by atoms with van der Waals surface area (Å²) in [6, 6.07) is 10.6. The SMILES string of the molecule is CC(=O)N1CCN(C(C)C)C(c2nnc3ccc(C(=O)Nc4ccc(Cl)cc4)cn23)C1. The minimum atomic E-state index is -0.237. The number of hydrogen-bond donors (Lipinski definition) is 1. The topological polar surface area (TPSA) is 82.8 Å². The molecule has 0 saturated carbocycles. The number of piperazine rings is 1. The first-order valence-corrected chi connectivity index (χ1v) is 10.6. The van der Waals surface area contributed by atoms with Gasteiger partial charge in [-0.2, -0.15) is 0 Å². The maximum atomic E-state index is 12.8. The standard InChI is InChI=1S/C22H25ClN6O2/c1-14(2)28-11-10-27(15(3)30)13-19(28)21-26-25-20-9-4-16(12-29(20)21)22(31)24-18-7-5-17(23)6-8-18/h4-9,12,14,19H,10-11,13H2,1-3H3,(H,24,31). The Labute approximate surface area is 185 Å². The highest BCUT2D eigenvalue weighted by Crippen LogP contribution is 2.27. The van der Waals surface area contributed by atoms with Crippen LogP contribution in [0.2, 0.25) is 5.02 Å². The van der Waals surface area contributed by atoms with Crippen molar-refractivity contribution in [3.63, 3.8) is 0 Å².